The van der Waals surface area contributed by atoms with Crippen LogP contribution in [0.4, 0.5) is 0 Å². The van der Waals surface area contributed by atoms with Gasteiger partial charge in [0.2, 0.25) is 0 Å². The number of aryl methyl sites for hydroxylation is 2. The predicted molar refractivity (Wildman–Crippen MR) is 123 cm³/mol. The van der Waals surface area contributed by atoms with Crippen molar-refractivity contribution >= 4 is 11.6 Å². The van der Waals surface area contributed by atoms with E-state index in [0.29, 0.717) is 19.8 Å². The van der Waals surface area contributed by atoms with Crippen LogP contribution in [0.2, 0.25) is 0 Å². The minimum atomic E-state index is 0.633. The molecule has 0 spiro atoms. The Morgan fingerprint density at radius 3 is 2.84 bits per heavy atom. The molecule has 0 saturated heterocycles. The van der Waals surface area contributed by atoms with E-state index in [0.717, 1.165) is 54.6 Å². The fourth-order valence-electron chi connectivity index (χ4n) is 3.24. The highest BCUT2D eigenvalue weighted by Gasteiger charge is 2.07. The highest BCUT2D eigenvalue weighted by molar-refractivity contribution is 5.79. The lowest BCUT2D eigenvalue weighted by atomic mass is 10.1. The summed E-state index contributed by atoms with van der Waals surface area (Å²) in [6.45, 7) is 4.82. The lowest BCUT2D eigenvalue weighted by Gasteiger charge is -2.15. The molecule has 0 aliphatic carbocycles. The number of benzene rings is 1. The van der Waals surface area contributed by atoms with Crippen molar-refractivity contribution in [3.05, 3.63) is 59.5 Å². The minimum Gasteiger partial charge on any atom is -0.493 e. The van der Waals surface area contributed by atoms with Gasteiger partial charge in [-0.2, -0.15) is 0 Å². The van der Waals surface area contributed by atoms with Gasteiger partial charge in [-0.15, -0.1) is 10.2 Å². The summed E-state index contributed by atoms with van der Waals surface area (Å²) in [5.74, 6) is 2.63. The smallest absolute Gasteiger partial charge is 0.191 e. The number of fused-ring (bicyclic) bond motifs is 1. The van der Waals surface area contributed by atoms with Crippen LogP contribution in [0.15, 0.2) is 47.6 Å². The maximum Gasteiger partial charge on any atom is 0.191 e. The van der Waals surface area contributed by atoms with Gasteiger partial charge in [0.15, 0.2) is 11.6 Å². The quantitative estimate of drug-likeness (QED) is 0.280. The molecule has 1 aromatic carbocycles. The third kappa shape index (κ3) is 6.68. The first-order valence-corrected chi connectivity index (χ1v) is 10.7. The van der Waals surface area contributed by atoms with E-state index < -0.39 is 0 Å². The number of aromatic nitrogens is 3. The Bertz CT molecular complexity index is 985. The third-order valence-electron chi connectivity index (χ3n) is 4.90. The largest absolute Gasteiger partial charge is 0.493 e. The molecule has 2 aromatic heterocycles. The second-order valence-corrected chi connectivity index (χ2v) is 7.31. The van der Waals surface area contributed by atoms with Crippen LogP contribution in [0.3, 0.4) is 0 Å². The number of ether oxygens (including phenoxy) is 2. The zero-order valence-electron chi connectivity index (χ0n) is 18.6. The highest BCUT2D eigenvalue weighted by atomic mass is 16.5. The highest BCUT2D eigenvalue weighted by Crippen LogP contribution is 2.20. The monoisotopic (exact) mass is 424 g/mol. The van der Waals surface area contributed by atoms with E-state index in [1.165, 1.54) is 5.56 Å². The molecule has 31 heavy (non-hydrogen) atoms. The van der Waals surface area contributed by atoms with Gasteiger partial charge in [-0.1, -0.05) is 18.2 Å². The summed E-state index contributed by atoms with van der Waals surface area (Å²) in [6.07, 6.45) is 4.62. The first-order chi connectivity index (χ1) is 15.2. The van der Waals surface area contributed by atoms with E-state index in [2.05, 4.69) is 50.9 Å². The zero-order valence-corrected chi connectivity index (χ0v) is 18.6. The summed E-state index contributed by atoms with van der Waals surface area (Å²) in [7, 11) is 3.48. The van der Waals surface area contributed by atoms with Crippen molar-refractivity contribution < 1.29 is 9.47 Å². The molecule has 0 unspecified atom stereocenters. The molecule has 3 aromatic rings. The molecule has 0 fully saturated rings. The van der Waals surface area contributed by atoms with Crippen molar-refractivity contribution in [2.45, 2.75) is 32.7 Å². The summed E-state index contributed by atoms with van der Waals surface area (Å²) < 4.78 is 13.1. The predicted octanol–water partition coefficient (Wildman–Crippen LogP) is 2.75. The fraction of sp³-hybridized carbons (Fsp3) is 0.435. The van der Waals surface area contributed by atoms with Crippen LogP contribution in [-0.2, 0) is 17.7 Å². The number of nitrogens with one attached hydrogen (secondary N) is 2. The molecule has 0 aliphatic heterocycles. The van der Waals surface area contributed by atoms with Crippen LogP contribution in [0.1, 0.15) is 29.8 Å². The average Bonchev–Trinajstić information content (AvgIpc) is 3.20. The average molecular weight is 425 g/mol. The second-order valence-electron chi connectivity index (χ2n) is 7.31. The van der Waals surface area contributed by atoms with Crippen LogP contribution in [0.5, 0.6) is 5.75 Å². The van der Waals surface area contributed by atoms with Gasteiger partial charge in [0.25, 0.3) is 0 Å². The number of hydrogen-bond donors (Lipinski definition) is 2. The molecule has 8 heteroatoms. The van der Waals surface area contributed by atoms with E-state index in [-0.39, 0.29) is 0 Å². The molecule has 0 amide bonds. The van der Waals surface area contributed by atoms with Crippen molar-refractivity contribution in [3.63, 3.8) is 0 Å². The first kappa shape index (κ1) is 22.6. The summed E-state index contributed by atoms with van der Waals surface area (Å²) in [5.41, 5.74) is 3.15. The van der Waals surface area contributed by atoms with Crippen molar-refractivity contribution in [3.8, 4) is 5.75 Å². The van der Waals surface area contributed by atoms with E-state index in [1.807, 2.05) is 28.8 Å². The second kappa shape index (κ2) is 11.9. The molecule has 2 N–H and O–H groups in total. The standard InChI is InChI=1S/C23H32N6O2/c1-18-10-11-19(20(16-18)31-15-7-14-30-3)17-26-23(24-2)25-12-6-9-22-28-27-21-8-4-5-13-29(21)22/h4-5,8,10-11,13,16H,6-7,9,12,14-15,17H2,1-3H3,(H2,24,25,26). The van der Waals surface area contributed by atoms with Gasteiger partial charge in [0, 0.05) is 58.5 Å². The molecular weight excluding hydrogens is 392 g/mol. The molecule has 166 valence electrons. The molecule has 8 nitrogen and oxygen atoms in total. The van der Waals surface area contributed by atoms with Crippen molar-refractivity contribution in [2.24, 2.45) is 4.99 Å². The van der Waals surface area contributed by atoms with Crippen LogP contribution in [0, 0.1) is 6.92 Å². The Balaban J connectivity index is 1.46. The summed E-state index contributed by atoms with van der Waals surface area (Å²) in [5, 5.41) is 15.2. The van der Waals surface area contributed by atoms with Gasteiger partial charge in [-0.3, -0.25) is 9.39 Å². The number of nitrogens with zero attached hydrogens (tertiary/aromatic N) is 4. The third-order valence-corrected chi connectivity index (χ3v) is 4.90. The molecule has 0 bridgehead atoms. The van der Waals surface area contributed by atoms with Gasteiger partial charge in [-0.25, -0.2) is 0 Å². The summed E-state index contributed by atoms with van der Waals surface area (Å²) in [6, 6.07) is 12.2. The van der Waals surface area contributed by atoms with Gasteiger partial charge in [0.1, 0.15) is 11.6 Å². The van der Waals surface area contributed by atoms with Crippen molar-refractivity contribution in [2.75, 3.05) is 33.9 Å². The van der Waals surface area contributed by atoms with Gasteiger partial charge >= 0.3 is 0 Å². The van der Waals surface area contributed by atoms with E-state index in [4.69, 9.17) is 9.47 Å². The van der Waals surface area contributed by atoms with E-state index in [9.17, 15) is 0 Å². The van der Waals surface area contributed by atoms with E-state index >= 15 is 0 Å². The SMILES string of the molecule is CN=C(NCCCc1nnc2ccccn12)NCc1ccc(C)cc1OCCCOC. The molecule has 0 saturated carbocycles. The fourth-order valence-corrected chi connectivity index (χ4v) is 3.24. The Kier molecular flexibility index (Phi) is 8.66. The Hall–Kier alpha value is -3.13. The molecular formula is C23H32N6O2. The number of methoxy groups -OCH3 is 1. The van der Waals surface area contributed by atoms with Gasteiger partial charge < -0.3 is 20.1 Å². The zero-order chi connectivity index (χ0) is 21.9. The molecule has 0 atom stereocenters. The molecule has 2 heterocycles. The van der Waals surface area contributed by atoms with Gasteiger partial charge in [-0.05, 0) is 37.1 Å². The van der Waals surface area contributed by atoms with Crippen LogP contribution >= 0.6 is 0 Å². The summed E-state index contributed by atoms with van der Waals surface area (Å²) in [4.78, 5) is 4.33. The number of aliphatic imine (C=N–C) groups is 1. The number of guanidine groups is 1. The number of rotatable bonds is 11. The summed E-state index contributed by atoms with van der Waals surface area (Å²) >= 11 is 0. The Labute approximate surface area is 183 Å². The molecule has 3 rings (SSSR count). The lowest BCUT2D eigenvalue weighted by Crippen LogP contribution is -2.37. The maximum absolute atomic E-state index is 5.97. The van der Waals surface area contributed by atoms with Gasteiger partial charge in [0.05, 0.1) is 6.61 Å². The lowest BCUT2D eigenvalue weighted by molar-refractivity contribution is 0.171. The molecule has 0 radical (unpaired) electrons. The first-order valence-electron chi connectivity index (χ1n) is 10.7. The Morgan fingerprint density at radius 1 is 1.10 bits per heavy atom. The van der Waals surface area contributed by atoms with Crippen LogP contribution < -0.4 is 15.4 Å². The van der Waals surface area contributed by atoms with Crippen molar-refractivity contribution in [1.29, 1.82) is 0 Å². The maximum atomic E-state index is 5.97. The normalized spacial score (nSPS) is 11.6. The van der Waals surface area contributed by atoms with E-state index in [1.54, 1.807) is 14.2 Å². The molecule has 0 aliphatic rings. The Morgan fingerprint density at radius 2 is 2.00 bits per heavy atom. The topological polar surface area (TPSA) is 85.1 Å². The minimum absolute atomic E-state index is 0.633. The number of pyridine rings is 1. The van der Waals surface area contributed by atoms with Crippen LogP contribution in [0.25, 0.3) is 5.65 Å². The number of hydrogen-bond acceptors (Lipinski definition) is 5. The van der Waals surface area contributed by atoms with Crippen molar-refractivity contribution in [1.82, 2.24) is 25.2 Å². The van der Waals surface area contributed by atoms with Crippen LogP contribution in [-0.4, -0.2) is 54.5 Å².